The van der Waals surface area contributed by atoms with E-state index in [1.54, 1.807) is 18.2 Å². The SMILES string of the molecule is CC[C@@](N)(CO)CCc1ccc(OCCCc2ccc(Cl)c(Cl)c2)c(C(F)(F)F)c1. The van der Waals surface area contributed by atoms with Gasteiger partial charge in [0.1, 0.15) is 5.75 Å². The summed E-state index contributed by atoms with van der Waals surface area (Å²) in [6, 6.07) is 9.30. The van der Waals surface area contributed by atoms with Gasteiger partial charge in [-0.25, -0.2) is 0 Å². The number of hydrogen-bond acceptors (Lipinski definition) is 3. The summed E-state index contributed by atoms with van der Waals surface area (Å²) >= 11 is 11.8. The van der Waals surface area contributed by atoms with Crippen molar-refractivity contribution >= 4 is 23.2 Å². The van der Waals surface area contributed by atoms with Gasteiger partial charge >= 0.3 is 6.18 Å². The number of halogens is 5. The fraction of sp³-hybridized carbons (Fsp3) is 0.455. The lowest BCUT2D eigenvalue weighted by Crippen LogP contribution is -2.43. The van der Waals surface area contributed by atoms with E-state index >= 15 is 0 Å². The van der Waals surface area contributed by atoms with Crippen LogP contribution in [0.3, 0.4) is 0 Å². The van der Waals surface area contributed by atoms with Gasteiger partial charge in [-0.2, -0.15) is 13.2 Å². The van der Waals surface area contributed by atoms with Crippen LogP contribution in [0.4, 0.5) is 13.2 Å². The zero-order valence-electron chi connectivity index (χ0n) is 16.7. The van der Waals surface area contributed by atoms with Gasteiger partial charge in [0.25, 0.3) is 0 Å². The van der Waals surface area contributed by atoms with Crippen LogP contribution in [0.5, 0.6) is 5.75 Å². The van der Waals surface area contributed by atoms with E-state index in [-0.39, 0.29) is 19.0 Å². The third-order valence-electron chi connectivity index (χ3n) is 5.13. The Hall–Kier alpha value is -1.47. The van der Waals surface area contributed by atoms with Gasteiger partial charge in [-0.05, 0) is 67.5 Å². The topological polar surface area (TPSA) is 55.5 Å². The van der Waals surface area contributed by atoms with Crippen molar-refractivity contribution in [2.75, 3.05) is 13.2 Å². The number of aryl methyl sites for hydroxylation is 2. The first-order valence-electron chi connectivity index (χ1n) is 9.74. The van der Waals surface area contributed by atoms with Crippen LogP contribution < -0.4 is 10.5 Å². The maximum absolute atomic E-state index is 13.5. The highest BCUT2D eigenvalue weighted by molar-refractivity contribution is 6.42. The van der Waals surface area contributed by atoms with Gasteiger partial charge in [-0.3, -0.25) is 0 Å². The predicted octanol–water partition coefficient (Wildman–Crippen LogP) is 6.06. The minimum absolute atomic E-state index is 0.134. The molecule has 0 amide bonds. The quantitative estimate of drug-likeness (QED) is 0.421. The van der Waals surface area contributed by atoms with Crippen molar-refractivity contribution in [2.45, 2.75) is 50.7 Å². The van der Waals surface area contributed by atoms with E-state index < -0.39 is 17.3 Å². The van der Waals surface area contributed by atoms with Crippen molar-refractivity contribution in [3.05, 3.63) is 63.1 Å². The van der Waals surface area contributed by atoms with E-state index in [1.807, 2.05) is 13.0 Å². The molecule has 3 nitrogen and oxygen atoms in total. The molecule has 0 heterocycles. The molecule has 0 saturated carbocycles. The van der Waals surface area contributed by atoms with Crippen molar-refractivity contribution in [3.63, 3.8) is 0 Å². The Morgan fingerprint density at radius 3 is 2.27 bits per heavy atom. The second-order valence-corrected chi connectivity index (χ2v) is 8.22. The second-order valence-electron chi connectivity index (χ2n) is 7.40. The summed E-state index contributed by atoms with van der Waals surface area (Å²) in [5.41, 5.74) is 5.87. The number of aliphatic hydroxyl groups excluding tert-OH is 1. The maximum Gasteiger partial charge on any atom is 0.419 e. The molecule has 30 heavy (non-hydrogen) atoms. The van der Waals surface area contributed by atoms with Gasteiger partial charge in [-0.15, -0.1) is 0 Å². The average molecular weight is 464 g/mol. The molecule has 0 aliphatic rings. The molecule has 2 aromatic carbocycles. The van der Waals surface area contributed by atoms with Crippen LogP contribution in [-0.4, -0.2) is 23.9 Å². The number of benzene rings is 2. The van der Waals surface area contributed by atoms with E-state index in [2.05, 4.69) is 0 Å². The number of hydrogen-bond donors (Lipinski definition) is 2. The van der Waals surface area contributed by atoms with E-state index in [9.17, 15) is 18.3 Å². The molecule has 0 aliphatic carbocycles. The van der Waals surface area contributed by atoms with Crippen LogP contribution in [0.2, 0.25) is 10.0 Å². The molecule has 0 aromatic heterocycles. The zero-order valence-corrected chi connectivity index (χ0v) is 18.2. The van der Waals surface area contributed by atoms with E-state index in [0.29, 0.717) is 47.7 Å². The minimum Gasteiger partial charge on any atom is -0.493 e. The van der Waals surface area contributed by atoms with Crippen molar-refractivity contribution in [3.8, 4) is 5.75 Å². The average Bonchev–Trinajstić information content (AvgIpc) is 2.71. The summed E-state index contributed by atoms with van der Waals surface area (Å²) in [6.45, 7) is 1.76. The van der Waals surface area contributed by atoms with E-state index in [0.717, 1.165) is 11.6 Å². The van der Waals surface area contributed by atoms with Crippen LogP contribution in [0.25, 0.3) is 0 Å². The van der Waals surface area contributed by atoms with Gasteiger partial charge in [0.15, 0.2) is 0 Å². The van der Waals surface area contributed by atoms with Crippen LogP contribution >= 0.6 is 23.2 Å². The molecule has 0 unspecified atom stereocenters. The summed E-state index contributed by atoms with van der Waals surface area (Å²) < 4.78 is 46.0. The highest BCUT2D eigenvalue weighted by atomic mass is 35.5. The summed E-state index contributed by atoms with van der Waals surface area (Å²) in [5.74, 6) is -0.197. The Kier molecular flexibility index (Phi) is 8.85. The molecule has 2 aromatic rings. The number of nitrogens with two attached hydrogens (primary N) is 1. The van der Waals surface area contributed by atoms with Crippen molar-refractivity contribution in [2.24, 2.45) is 5.73 Å². The largest absolute Gasteiger partial charge is 0.493 e. The molecule has 2 rings (SSSR count). The molecule has 0 aliphatic heterocycles. The van der Waals surface area contributed by atoms with Crippen LogP contribution in [-0.2, 0) is 19.0 Å². The lowest BCUT2D eigenvalue weighted by atomic mass is 9.90. The van der Waals surface area contributed by atoms with E-state index in [4.69, 9.17) is 33.7 Å². The Morgan fingerprint density at radius 1 is 1.00 bits per heavy atom. The summed E-state index contributed by atoms with van der Waals surface area (Å²) in [5, 5.41) is 10.3. The smallest absolute Gasteiger partial charge is 0.419 e. The monoisotopic (exact) mass is 463 g/mol. The second kappa shape index (κ2) is 10.7. The summed E-state index contributed by atoms with van der Waals surface area (Å²) in [6.07, 6.45) is -2.13. The number of rotatable bonds is 10. The standard InChI is InChI=1S/C22H26Cl2F3NO2/c1-2-21(28,14-29)10-9-16-6-8-20(17(12-16)22(25,26)27)30-11-3-4-15-5-7-18(23)19(24)13-15/h5-8,12-13,29H,2-4,9-11,14,28H2,1H3/t21-/m0/s1. The molecule has 0 saturated heterocycles. The third kappa shape index (κ3) is 7.05. The Bertz CT molecular complexity index is 840. The first kappa shape index (κ1) is 24.8. The van der Waals surface area contributed by atoms with Crippen molar-refractivity contribution in [1.29, 1.82) is 0 Å². The third-order valence-corrected chi connectivity index (χ3v) is 5.87. The van der Waals surface area contributed by atoms with Gasteiger partial charge in [0.05, 0.1) is 28.8 Å². The zero-order chi connectivity index (χ0) is 22.4. The Balaban J connectivity index is 2.01. The Morgan fingerprint density at radius 2 is 1.67 bits per heavy atom. The first-order valence-corrected chi connectivity index (χ1v) is 10.5. The molecule has 0 bridgehead atoms. The van der Waals surface area contributed by atoms with E-state index in [1.165, 1.54) is 6.07 Å². The Labute approximate surface area is 184 Å². The van der Waals surface area contributed by atoms with Crippen molar-refractivity contribution in [1.82, 2.24) is 0 Å². The molecule has 0 radical (unpaired) electrons. The number of aliphatic hydroxyl groups is 1. The molecule has 166 valence electrons. The maximum atomic E-state index is 13.5. The molecular weight excluding hydrogens is 438 g/mol. The molecule has 8 heteroatoms. The summed E-state index contributed by atoms with van der Waals surface area (Å²) in [7, 11) is 0. The molecule has 0 fully saturated rings. The van der Waals surface area contributed by atoms with Crippen molar-refractivity contribution < 1.29 is 23.0 Å². The molecular formula is C22H26Cl2F3NO2. The fourth-order valence-corrected chi connectivity index (χ4v) is 3.32. The fourth-order valence-electron chi connectivity index (χ4n) is 2.99. The predicted molar refractivity (Wildman–Crippen MR) is 114 cm³/mol. The normalized spacial score (nSPS) is 13.9. The lowest BCUT2D eigenvalue weighted by molar-refractivity contribution is -0.139. The van der Waals surface area contributed by atoms with Crippen LogP contribution in [0, 0.1) is 0 Å². The summed E-state index contributed by atoms with van der Waals surface area (Å²) in [4.78, 5) is 0. The van der Waals surface area contributed by atoms with Gasteiger partial charge in [-0.1, -0.05) is 42.3 Å². The van der Waals surface area contributed by atoms with Gasteiger partial charge in [0, 0.05) is 5.54 Å². The first-order chi connectivity index (χ1) is 14.1. The number of ether oxygens (including phenoxy) is 1. The highest BCUT2D eigenvalue weighted by Crippen LogP contribution is 2.37. The van der Waals surface area contributed by atoms with Crippen LogP contribution in [0.15, 0.2) is 36.4 Å². The molecule has 3 N–H and O–H groups in total. The van der Waals surface area contributed by atoms with Crippen LogP contribution in [0.1, 0.15) is 42.9 Å². The molecule has 0 spiro atoms. The number of alkyl halides is 3. The van der Waals surface area contributed by atoms with Gasteiger partial charge in [0.2, 0.25) is 0 Å². The lowest BCUT2D eigenvalue weighted by Gasteiger charge is -2.25. The molecule has 1 atom stereocenters. The highest BCUT2D eigenvalue weighted by Gasteiger charge is 2.35. The minimum atomic E-state index is -4.53. The van der Waals surface area contributed by atoms with Gasteiger partial charge < -0.3 is 15.6 Å².